The molecule has 100 valence electrons. The van der Waals surface area contributed by atoms with Crippen LogP contribution in [-0.2, 0) is 0 Å². The Morgan fingerprint density at radius 1 is 0.714 bits per heavy atom. The number of benzene rings is 3. The van der Waals surface area contributed by atoms with E-state index in [0.29, 0.717) is 0 Å². The molecule has 0 saturated carbocycles. The minimum Gasteiger partial charge on any atom is -0.456 e. The summed E-state index contributed by atoms with van der Waals surface area (Å²) in [6.45, 7) is 0. The van der Waals surface area contributed by atoms with Crippen LogP contribution in [0.5, 0.6) is 0 Å². The van der Waals surface area contributed by atoms with Crippen molar-refractivity contribution < 1.29 is 9.44 Å². The van der Waals surface area contributed by atoms with E-state index >= 15 is 0 Å². The summed E-state index contributed by atoms with van der Waals surface area (Å²) in [6, 6.07) is 22.3. The average molecular weight is 272 g/mol. The minimum absolute atomic E-state index is 0.0723. The SMILES string of the molecule is OBc1ccc(-c2ccc3c(c2)oc2ccccc23)cc1. The molecule has 1 N–H and O–H groups in total. The summed E-state index contributed by atoms with van der Waals surface area (Å²) in [4.78, 5) is 0. The van der Waals surface area contributed by atoms with Gasteiger partial charge in [-0.2, -0.15) is 0 Å². The van der Waals surface area contributed by atoms with E-state index in [9.17, 15) is 0 Å². The summed E-state index contributed by atoms with van der Waals surface area (Å²) in [5.74, 6) is 0. The molecule has 21 heavy (non-hydrogen) atoms. The molecule has 0 aliphatic heterocycles. The Bertz CT molecular complexity index is 923. The third-order valence-electron chi connectivity index (χ3n) is 3.85. The molecular weight excluding hydrogens is 259 g/mol. The first kappa shape index (κ1) is 12.2. The smallest absolute Gasteiger partial charge is 0.304 e. The van der Waals surface area contributed by atoms with E-state index in [-0.39, 0.29) is 7.48 Å². The highest BCUT2D eigenvalue weighted by Crippen LogP contribution is 2.31. The summed E-state index contributed by atoms with van der Waals surface area (Å²) in [5.41, 5.74) is 4.98. The number of hydrogen-bond acceptors (Lipinski definition) is 2. The summed E-state index contributed by atoms with van der Waals surface area (Å²) in [6.07, 6.45) is 0. The summed E-state index contributed by atoms with van der Waals surface area (Å²) >= 11 is 0. The molecule has 2 nitrogen and oxygen atoms in total. The monoisotopic (exact) mass is 272 g/mol. The second kappa shape index (κ2) is 4.79. The first-order valence-corrected chi connectivity index (χ1v) is 6.96. The Kier molecular flexibility index (Phi) is 2.79. The van der Waals surface area contributed by atoms with E-state index in [0.717, 1.165) is 38.5 Å². The zero-order valence-corrected chi connectivity index (χ0v) is 11.4. The molecule has 0 spiro atoms. The molecule has 4 aromatic rings. The Labute approximate surface area is 122 Å². The predicted molar refractivity (Wildman–Crippen MR) is 88.2 cm³/mol. The van der Waals surface area contributed by atoms with Gasteiger partial charge in [0.15, 0.2) is 0 Å². The van der Waals surface area contributed by atoms with E-state index in [1.807, 2.05) is 42.5 Å². The highest BCUT2D eigenvalue weighted by Gasteiger charge is 2.07. The van der Waals surface area contributed by atoms with Gasteiger partial charge >= 0.3 is 7.48 Å². The molecule has 0 radical (unpaired) electrons. The second-order valence-electron chi connectivity index (χ2n) is 5.16. The molecule has 0 bridgehead atoms. The van der Waals surface area contributed by atoms with Gasteiger partial charge < -0.3 is 9.44 Å². The third kappa shape index (κ3) is 2.03. The van der Waals surface area contributed by atoms with Crippen molar-refractivity contribution in [3.8, 4) is 11.1 Å². The Hall–Kier alpha value is -2.52. The second-order valence-corrected chi connectivity index (χ2v) is 5.16. The largest absolute Gasteiger partial charge is 0.456 e. The summed E-state index contributed by atoms with van der Waals surface area (Å²) < 4.78 is 5.92. The van der Waals surface area contributed by atoms with Gasteiger partial charge in [-0.1, -0.05) is 54.0 Å². The van der Waals surface area contributed by atoms with Crippen molar-refractivity contribution in [3.63, 3.8) is 0 Å². The molecular formula is C18H13BO2. The molecule has 1 aromatic heterocycles. The van der Waals surface area contributed by atoms with Crippen molar-refractivity contribution >= 4 is 34.9 Å². The van der Waals surface area contributed by atoms with Crippen LogP contribution in [0.15, 0.2) is 71.1 Å². The van der Waals surface area contributed by atoms with Gasteiger partial charge in [-0.3, -0.25) is 0 Å². The van der Waals surface area contributed by atoms with Gasteiger partial charge in [-0.25, -0.2) is 0 Å². The van der Waals surface area contributed by atoms with Crippen LogP contribution in [0, 0.1) is 0 Å². The minimum atomic E-state index is 0.0723. The number of hydrogen-bond donors (Lipinski definition) is 1. The highest BCUT2D eigenvalue weighted by atomic mass is 16.3. The number of rotatable bonds is 2. The van der Waals surface area contributed by atoms with Crippen LogP contribution < -0.4 is 5.46 Å². The molecule has 3 aromatic carbocycles. The molecule has 0 unspecified atom stereocenters. The van der Waals surface area contributed by atoms with Crippen molar-refractivity contribution in [2.75, 3.05) is 0 Å². The van der Waals surface area contributed by atoms with Crippen LogP contribution in [0.4, 0.5) is 0 Å². The maximum Gasteiger partial charge on any atom is 0.304 e. The van der Waals surface area contributed by atoms with E-state index in [2.05, 4.69) is 24.3 Å². The molecule has 0 saturated heterocycles. The first-order chi connectivity index (χ1) is 10.3. The summed E-state index contributed by atoms with van der Waals surface area (Å²) in [5, 5.41) is 11.4. The fourth-order valence-corrected chi connectivity index (χ4v) is 2.71. The van der Waals surface area contributed by atoms with Crippen molar-refractivity contribution in [1.82, 2.24) is 0 Å². The van der Waals surface area contributed by atoms with E-state index in [4.69, 9.17) is 9.44 Å². The van der Waals surface area contributed by atoms with Crippen LogP contribution in [-0.4, -0.2) is 12.5 Å². The Balaban J connectivity index is 1.87. The Morgan fingerprint density at radius 2 is 1.43 bits per heavy atom. The molecule has 0 aliphatic rings. The standard InChI is InChI=1S/C18H13BO2/c20-19-14-8-5-12(6-9-14)13-7-10-16-15-3-1-2-4-17(15)21-18(16)11-13/h1-11,19-20H. The quantitative estimate of drug-likeness (QED) is 0.568. The molecule has 1 heterocycles. The normalized spacial score (nSPS) is 11.1. The molecule has 3 heteroatoms. The van der Waals surface area contributed by atoms with Gasteiger partial charge in [-0.15, -0.1) is 0 Å². The summed E-state index contributed by atoms with van der Waals surface area (Å²) in [7, 11) is 0.0723. The van der Waals surface area contributed by atoms with Crippen LogP contribution in [0.25, 0.3) is 33.1 Å². The number of fused-ring (bicyclic) bond motifs is 3. The van der Waals surface area contributed by atoms with Gasteiger partial charge in [0.1, 0.15) is 11.2 Å². The lowest BCUT2D eigenvalue weighted by Gasteiger charge is -2.02. The zero-order chi connectivity index (χ0) is 14.2. The van der Waals surface area contributed by atoms with Gasteiger partial charge in [0, 0.05) is 10.8 Å². The topological polar surface area (TPSA) is 33.4 Å². The molecule has 4 rings (SSSR count). The van der Waals surface area contributed by atoms with Crippen molar-refractivity contribution in [2.45, 2.75) is 0 Å². The highest BCUT2D eigenvalue weighted by molar-refractivity contribution is 6.45. The van der Waals surface area contributed by atoms with E-state index in [1.165, 1.54) is 0 Å². The maximum atomic E-state index is 9.11. The van der Waals surface area contributed by atoms with Crippen LogP contribution in [0.1, 0.15) is 0 Å². The van der Waals surface area contributed by atoms with E-state index < -0.39 is 0 Å². The molecule has 0 atom stereocenters. The lowest BCUT2D eigenvalue weighted by molar-refractivity contribution is 0.615. The van der Waals surface area contributed by atoms with Crippen LogP contribution >= 0.6 is 0 Å². The molecule has 0 fully saturated rings. The lowest BCUT2D eigenvalue weighted by Crippen LogP contribution is -2.11. The van der Waals surface area contributed by atoms with Crippen LogP contribution in [0.3, 0.4) is 0 Å². The lowest BCUT2D eigenvalue weighted by atomic mass is 9.87. The van der Waals surface area contributed by atoms with Crippen LogP contribution in [0.2, 0.25) is 0 Å². The zero-order valence-electron chi connectivity index (χ0n) is 11.4. The van der Waals surface area contributed by atoms with Crippen molar-refractivity contribution in [1.29, 1.82) is 0 Å². The Morgan fingerprint density at radius 3 is 2.24 bits per heavy atom. The average Bonchev–Trinajstić information content (AvgIpc) is 2.92. The van der Waals surface area contributed by atoms with Crippen molar-refractivity contribution in [2.24, 2.45) is 0 Å². The van der Waals surface area contributed by atoms with Gasteiger partial charge in [0.2, 0.25) is 0 Å². The third-order valence-corrected chi connectivity index (χ3v) is 3.85. The first-order valence-electron chi connectivity index (χ1n) is 6.96. The molecule has 0 amide bonds. The van der Waals surface area contributed by atoms with E-state index in [1.54, 1.807) is 0 Å². The van der Waals surface area contributed by atoms with Crippen molar-refractivity contribution in [3.05, 3.63) is 66.7 Å². The molecule has 0 aliphatic carbocycles. The van der Waals surface area contributed by atoms with Gasteiger partial charge in [0.25, 0.3) is 0 Å². The fourth-order valence-electron chi connectivity index (χ4n) is 2.71. The maximum absolute atomic E-state index is 9.11. The van der Waals surface area contributed by atoms with Gasteiger partial charge in [-0.05, 0) is 29.3 Å². The number of furan rings is 1. The predicted octanol–water partition coefficient (Wildman–Crippen LogP) is 3.22. The number of para-hydroxylation sites is 1. The van der Waals surface area contributed by atoms with Gasteiger partial charge in [0.05, 0.1) is 0 Å². The fraction of sp³-hybridized carbons (Fsp3) is 0.